The summed E-state index contributed by atoms with van der Waals surface area (Å²) in [7, 11) is 0. The van der Waals surface area contributed by atoms with Crippen LogP contribution in [0.2, 0.25) is 0 Å². The van der Waals surface area contributed by atoms with Crippen LogP contribution in [-0.2, 0) is 5.41 Å². The molecule has 1 aromatic carbocycles. The van der Waals surface area contributed by atoms with Crippen molar-refractivity contribution >= 4 is 29.8 Å². The lowest BCUT2D eigenvalue weighted by atomic mass is 9.81. The lowest BCUT2D eigenvalue weighted by Gasteiger charge is -2.19. The Bertz CT molecular complexity index is 478. The van der Waals surface area contributed by atoms with Gasteiger partial charge in [0.15, 0.2) is 0 Å². The second-order valence-electron chi connectivity index (χ2n) is 4.36. The fourth-order valence-electron chi connectivity index (χ4n) is 1.78. The van der Waals surface area contributed by atoms with Crippen LogP contribution in [0.1, 0.15) is 36.7 Å². The number of carboxylic acids is 1. The van der Waals surface area contributed by atoms with E-state index in [0.29, 0.717) is 5.56 Å². The Hall–Kier alpha value is -1.35. The molecule has 0 spiro atoms. The molecule has 0 fully saturated rings. The van der Waals surface area contributed by atoms with Gasteiger partial charge in [-0.15, -0.1) is 12.4 Å². The first kappa shape index (κ1) is 12.7. The van der Waals surface area contributed by atoms with Gasteiger partial charge in [-0.05, 0) is 30.7 Å². The molecule has 0 unspecified atom stereocenters. The summed E-state index contributed by atoms with van der Waals surface area (Å²) in [6.07, 6.45) is 0. The molecule has 2 rings (SSSR count). The normalized spacial score (nSPS) is 16.1. The number of hydrogen-bond donors (Lipinski definition) is 1. The molecule has 0 saturated carbocycles. The Labute approximate surface area is 101 Å². The molecule has 1 N–H and O–H groups in total. The smallest absolute Gasteiger partial charge is 0.335 e. The predicted octanol–water partition coefficient (Wildman–Crippen LogP) is 3.19. The molecule has 1 aliphatic heterocycles. The van der Waals surface area contributed by atoms with Gasteiger partial charge in [0, 0.05) is 11.1 Å². The molecule has 0 saturated heterocycles. The summed E-state index contributed by atoms with van der Waals surface area (Å²) in [5, 5.41) is 8.91. The first-order valence-corrected chi connectivity index (χ1v) is 4.86. The van der Waals surface area contributed by atoms with Gasteiger partial charge in [-0.25, -0.2) is 4.79 Å². The largest absolute Gasteiger partial charge is 0.478 e. The Kier molecular flexibility index (Phi) is 3.10. The third-order valence-corrected chi connectivity index (χ3v) is 3.11. The van der Waals surface area contributed by atoms with Crippen molar-refractivity contribution in [2.24, 2.45) is 4.99 Å². The van der Waals surface area contributed by atoms with Crippen LogP contribution in [0.3, 0.4) is 0 Å². The number of nitrogens with zero attached hydrogens (tertiary/aromatic N) is 1. The summed E-state index contributed by atoms with van der Waals surface area (Å²) in [5.41, 5.74) is 3.09. The van der Waals surface area contributed by atoms with Crippen LogP contribution in [0, 0.1) is 0 Å². The highest BCUT2D eigenvalue weighted by atomic mass is 35.5. The fraction of sp³-hybridized carbons (Fsp3) is 0.333. The number of benzene rings is 1. The van der Waals surface area contributed by atoms with E-state index in [-0.39, 0.29) is 17.8 Å². The molecule has 0 aromatic heterocycles. The molecule has 0 atom stereocenters. The van der Waals surface area contributed by atoms with Crippen LogP contribution < -0.4 is 0 Å². The Morgan fingerprint density at radius 1 is 1.38 bits per heavy atom. The number of carbonyl (C=O) groups is 1. The lowest BCUT2D eigenvalue weighted by molar-refractivity contribution is 0.0697. The van der Waals surface area contributed by atoms with E-state index in [4.69, 9.17) is 5.11 Å². The monoisotopic (exact) mass is 239 g/mol. The second kappa shape index (κ2) is 3.91. The number of carboxylic acid groups (broad SMARTS) is 1. The molecule has 1 aliphatic rings. The van der Waals surface area contributed by atoms with Crippen molar-refractivity contribution in [1.82, 2.24) is 0 Å². The molecular formula is C12H14ClNO2. The quantitative estimate of drug-likeness (QED) is 0.818. The van der Waals surface area contributed by atoms with Crippen molar-refractivity contribution in [3.8, 4) is 0 Å². The molecule has 0 amide bonds. The van der Waals surface area contributed by atoms with E-state index in [2.05, 4.69) is 18.8 Å². The summed E-state index contributed by atoms with van der Waals surface area (Å²) < 4.78 is 0. The van der Waals surface area contributed by atoms with E-state index in [0.717, 1.165) is 17.0 Å². The van der Waals surface area contributed by atoms with Crippen molar-refractivity contribution < 1.29 is 9.90 Å². The van der Waals surface area contributed by atoms with E-state index in [9.17, 15) is 4.79 Å². The number of hydrogen-bond acceptors (Lipinski definition) is 2. The molecular weight excluding hydrogens is 226 g/mol. The average molecular weight is 240 g/mol. The maximum absolute atomic E-state index is 10.9. The molecule has 1 heterocycles. The van der Waals surface area contributed by atoms with Crippen LogP contribution in [0.25, 0.3) is 0 Å². The van der Waals surface area contributed by atoms with Crippen LogP contribution >= 0.6 is 12.4 Å². The number of aromatic carboxylic acids is 1. The van der Waals surface area contributed by atoms with Crippen LogP contribution in [0.15, 0.2) is 23.2 Å². The van der Waals surface area contributed by atoms with E-state index in [1.165, 1.54) is 0 Å². The van der Waals surface area contributed by atoms with Gasteiger partial charge < -0.3 is 5.11 Å². The Morgan fingerprint density at radius 2 is 2.00 bits per heavy atom. The summed E-state index contributed by atoms with van der Waals surface area (Å²) in [6, 6.07) is 5.09. The van der Waals surface area contributed by atoms with Crippen molar-refractivity contribution in [3.63, 3.8) is 0 Å². The van der Waals surface area contributed by atoms with Gasteiger partial charge in [0.05, 0.1) is 11.3 Å². The highest BCUT2D eigenvalue weighted by Gasteiger charge is 2.32. The van der Waals surface area contributed by atoms with Gasteiger partial charge in [-0.3, -0.25) is 4.99 Å². The van der Waals surface area contributed by atoms with Gasteiger partial charge >= 0.3 is 5.97 Å². The van der Waals surface area contributed by atoms with Crippen molar-refractivity contribution in [1.29, 1.82) is 0 Å². The zero-order chi connectivity index (χ0) is 11.2. The lowest BCUT2D eigenvalue weighted by Crippen LogP contribution is -2.22. The third kappa shape index (κ3) is 1.71. The van der Waals surface area contributed by atoms with Crippen LogP contribution in [-0.4, -0.2) is 16.8 Å². The minimum absolute atomic E-state index is 0. The molecule has 0 aliphatic carbocycles. The number of halogens is 1. The van der Waals surface area contributed by atoms with E-state index >= 15 is 0 Å². The minimum atomic E-state index is -0.891. The fourth-order valence-corrected chi connectivity index (χ4v) is 1.78. The van der Waals surface area contributed by atoms with E-state index < -0.39 is 5.97 Å². The molecule has 4 heteroatoms. The third-order valence-electron chi connectivity index (χ3n) is 3.11. The maximum atomic E-state index is 10.9. The highest BCUT2D eigenvalue weighted by Crippen LogP contribution is 2.40. The summed E-state index contributed by atoms with van der Waals surface area (Å²) >= 11 is 0. The second-order valence-corrected chi connectivity index (χ2v) is 4.36. The van der Waals surface area contributed by atoms with Gasteiger partial charge in [0.1, 0.15) is 0 Å². The van der Waals surface area contributed by atoms with E-state index in [1.54, 1.807) is 18.2 Å². The number of rotatable bonds is 1. The number of fused-ring (bicyclic) bond motifs is 1. The molecule has 1 aromatic rings. The zero-order valence-corrected chi connectivity index (χ0v) is 10.3. The van der Waals surface area contributed by atoms with Crippen LogP contribution in [0.5, 0.6) is 0 Å². The van der Waals surface area contributed by atoms with Gasteiger partial charge in [-0.2, -0.15) is 0 Å². The van der Waals surface area contributed by atoms with Gasteiger partial charge in [-0.1, -0.05) is 13.8 Å². The topological polar surface area (TPSA) is 49.7 Å². The molecule has 0 radical (unpaired) electrons. The molecule has 0 bridgehead atoms. The average Bonchev–Trinajstić information content (AvgIpc) is 2.38. The van der Waals surface area contributed by atoms with Gasteiger partial charge in [0.25, 0.3) is 0 Å². The standard InChI is InChI=1S/C12H13NO2.ClH/c1-7-12(2,3)9-6-8(11(14)15)4-5-10(9)13-7;/h4-6H,1-3H3,(H,14,15);1H. The maximum Gasteiger partial charge on any atom is 0.335 e. The predicted molar refractivity (Wildman–Crippen MR) is 66.4 cm³/mol. The first-order chi connectivity index (χ1) is 6.93. The highest BCUT2D eigenvalue weighted by molar-refractivity contribution is 6.00. The molecule has 16 heavy (non-hydrogen) atoms. The summed E-state index contributed by atoms with van der Waals surface area (Å²) in [5.74, 6) is -0.891. The zero-order valence-electron chi connectivity index (χ0n) is 9.44. The number of aliphatic imine (C=N–C) groups is 1. The van der Waals surface area contributed by atoms with Crippen molar-refractivity contribution in [2.45, 2.75) is 26.2 Å². The Balaban J connectivity index is 0.00000128. The van der Waals surface area contributed by atoms with Gasteiger partial charge in [0.2, 0.25) is 0 Å². The molecule has 86 valence electrons. The van der Waals surface area contributed by atoms with Crippen LogP contribution in [0.4, 0.5) is 5.69 Å². The van der Waals surface area contributed by atoms with E-state index in [1.807, 2.05) is 6.92 Å². The SMILES string of the molecule is CC1=Nc2ccc(C(=O)O)cc2C1(C)C.Cl. The summed E-state index contributed by atoms with van der Waals surface area (Å²) in [6.45, 7) is 6.09. The Morgan fingerprint density at radius 3 is 2.56 bits per heavy atom. The first-order valence-electron chi connectivity index (χ1n) is 4.86. The minimum Gasteiger partial charge on any atom is -0.478 e. The van der Waals surface area contributed by atoms with Crippen molar-refractivity contribution in [3.05, 3.63) is 29.3 Å². The molecule has 3 nitrogen and oxygen atoms in total. The summed E-state index contributed by atoms with van der Waals surface area (Å²) in [4.78, 5) is 15.3. The van der Waals surface area contributed by atoms with Crippen molar-refractivity contribution in [2.75, 3.05) is 0 Å².